The minimum atomic E-state index is 0.334. The van der Waals surface area contributed by atoms with Gasteiger partial charge in [0.25, 0.3) is 0 Å². The highest BCUT2D eigenvalue weighted by molar-refractivity contribution is 6.30. The van der Waals surface area contributed by atoms with Crippen LogP contribution in [-0.4, -0.2) is 7.05 Å². The van der Waals surface area contributed by atoms with E-state index in [4.69, 9.17) is 11.6 Å². The van der Waals surface area contributed by atoms with Gasteiger partial charge in [0.15, 0.2) is 0 Å². The molecule has 0 spiro atoms. The Morgan fingerprint density at radius 1 is 1.00 bits per heavy atom. The molecule has 2 rings (SSSR count). The van der Waals surface area contributed by atoms with Crippen molar-refractivity contribution >= 4 is 11.6 Å². The molecular formula is C17H20ClN. The van der Waals surface area contributed by atoms with Crippen LogP contribution in [0, 0.1) is 13.8 Å². The van der Waals surface area contributed by atoms with Crippen molar-refractivity contribution < 1.29 is 0 Å². The van der Waals surface area contributed by atoms with Gasteiger partial charge in [-0.25, -0.2) is 0 Å². The summed E-state index contributed by atoms with van der Waals surface area (Å²) in [6, 6.07) is 15.1. The molecule has 2 aromatic carbocycles. The molecule has 0 saturated heterocycles. The lowest BCUT2D eigenvalue weighted by molar-refractivity contribution is 0.591. The monoisotopic (exact) mass is 273 g/mol. The number of likely N-dealkylation sites (N-methyl/N-ethyl adjacent to an activating group) is 1. The second kappa shape index (κ2) is 6.23. The van der Waals surface area contributed by atoms with E-state index in [1.54, 1.807) is 0 Å². The summed E-state index contributed by atoms with van der Waals surface area (Å²) in [6.45, 7) is 4.31. The summed E-state index contributed by atoms with van der Waals surface area (Å²) < 4.78 is 0. The zero-order chi connectivity index (χ0) is 13.8. The smallest absolute Gasteiger partial charge is 0.0406 e. The molecule has 2 heteroatoms. The zero-order valence-corrected chi connectivity index (χ0v) is 12.5. The van der Waals surface area contributed by atoms with E-state index in [1.807, 2.05) is 19.2 Å². The largest absolute Gasteiger partial charge is 0.313 e. The molecule has 1 unspecified atom stereocenters. The summed E-state index contributed by atoms with van der Waals surface area (Å²) in [5.41, 5.74) is 5.31. The number of halogens is 1. The van der Waals surface area contributed by atoms with E-state index in [0.29, 0.717) is 6.04 Å². The molecule has 1 nitrogen and oxygen atoms in total. The van der Waals surface area contributed by atoms with Crippen LogP contribution in [0.3, 0.4) is 0 Å². The van der Waals surface area contributed by atoms with Crippen molar-refractivity contribution in [1.29, 1.82) is 0 Å². The van der Waals surface area contributed by atoms with Gasteiger partial charge in [-0.1, -0.05) is 41.9 Å². The Bertz CT molecular complexity index is 546. The second-order valence-corrected chi connectivity index (χ2v) is 5.45. The van der Waals surface area contributed by atoms with E-state index < -0.39 is 0 Å². The van der Waals surface area contributed by atoms with Gasteiger partial charge in [0, 0.05) is 11.1 Å². The molecule has 0 aliphatic carbocycles. The fourth-order valence-corrected chi connectivity index (χ4v) is 2.35. The minimum Gasteiger partial charge on any atom is -0.313 e. The zero-order valence-electron chi connectivity index (χ0n) is 11.7. The standard InChI is InChI=1S/C17H20ClN/c1-12-4-7-15(10-13(12)2)17(19-3)11-14-5-8-16(18)9-6-14/h4-10,17,19H,11H2,1-3H3. The van der Waals surface area contributed by atoms with Crippen LogP contribution in [0.5, 0.6) is 0 Å². The average molecular weight is 274 g/mol. The first-order valence-electron chi connectivity index (χ1n) is 6.59. The van der Waals surface area contributed by atoms with Crippen LogP contribution in [0.1, 0.15) is 28.3 Å². The lowest BCUT2D eigenvalue weighted by atomic mass is 9.96. The summed E-state index contributed by atoms with van der Waals surface area (Å²) in [4.78, 5) is 0. The maximum atomic E-state index is 5.92. The highest BCUT2D eigenvalue weighted by Gasteiger charge is 2.10. The van der Waals surface area contributed by atoms with Crippen LogP contribution in [-0.2, 0) is 6.42 Å². The van der Waals surface area contributed by atoms with E-state index in [2.05, 4.69) is 49.5 Å². The molecule has 1 atom stereocenters. The van der Waals surface area contributed by atoms with Gasteiger partial charge < -0.3 is 5.32 Å². The maximum Gasteiger partial charge on any atom is 0.0406 e. The third kappa shape index (κ3) is 3.59. The Morgan fingerprint density at radius 2 is 1.68 bits per heavy atom. The highest BCUT2D eigenvalue weighted by atomic mass is 35.5. The predicted molar refractivity (Wildman–Crippen MR) is 82.9 cm³/mol. The van der Waals surface area contributed by atoms with E-state index in [9.17, 15) is 0 Å². The Balaban J connectivity index is 2.19. The van der Waals surface area contributed by atoms with Gasteiger partial charge in [0.2, 0.25) is 0 Å². The number of rotatable bonds is 4. The summed E-state index contributed by atoms with van der Waals surface area (Å²) >= 11 is 5.92. The molecule has 100 valence electrons. The van der Waals surface area contributed by atoms with Crippen molar-refractivity contribution in [2.75, 3.05) is 7.05 Å². The van der Waals surface area contributed by atoms with Crippen LogP contribution in [0.25, 0.3) is 0 Å². The molecule has 0 aliphatic rings. The van der Waals surface area contributed by atoms with Gasteiger partial charge in [-0.2, -0.15) is 0 Å². The van der Waals surface area contributed by atoms with Gasteiger partial charge in [0.05, 0.1) is 0 Å². The first kappa shape index (κ1) is 14.1. The molecule has 0 heterocycles. The van der Waals surface area contributed by atoms with Crippen molar-refractivity contribution in [1.82, 2.24) is 5.32 Å². The number of aryl methyl sites for hydroxylation is 2. The first-order chi connectivity index (χ1) is 9.10. The van der Waals surface area contributed by atoms with E-state index in [1.165, 1.54) is 22.3 Å². The number of benzene rings is 2. The summed E-state index contributed by atoms with van der Waals surface area (Å²) in [5.74, 6) is 0. The second-order valence-electron chi connectivity index (χ2n) is 5.02. The Hall–Kier alpha value is -1.31. The lowest BCUT2D eigenvalue weighted by Gasteiger charge is -2.18. The molecular weight excluding hydrogens is 254 g/mol. The predicted octanol–water partition coefficient (Wildman–Crippen LogP) is 4.46. The Kier molecular flexibility index (Phi) is 4.62. The topological polar surface area (TPSA) is 12.0 Å². The average Bonchev–Trinajstić information content (AvgIpc) is 2.41. The van der Waals surface area contributed by atoms with Gasteiger partial charge in [-0.05, 0) is 61.7 Å². The number of nitrogens with one attached hydrogen (secondary N) is 1. The molecule has 19 heavy (non-hydrogen) atoms. The normalized spacial score (nSPS) is 12.4. The molecule has 2 aromatic rings. The SMILES string of the molecule is CNC(Cc1ccc(Cl)cc1)c1ccc(C)c(C)c1. The molecule has 0 aliphatic heterocycles. The van der Waals surface area contributed by atoms with Crippen molar-refractivity contribution in [3.63, 3.8) is 0 Å². The Labute approximate surface area is 120 Å². The quantitative estimate of drug-likeness (QED) is 0.867. The van der Waals surface area contributed by atoms with Crippen LogP contribution in [0.15, 0.2) is 42.5 Å². The summed E-state index contributed by atoms with van der Waals surface area (Å²) in [6.07, 6.45) is 0.968. The van der Waals surface area contributed by atoms with Crippen LogP contribution >= 0.6 is 11.6 Å². The van der Waals surface area contributed by atoms with Crippen LogP contribution < -0.4 is 5.32 Å². The third-order valence-electron chi connectivity index (χ3n) is 3.63. The van der Waals surface area contributed by atoms with Gasteiger partial charge in [0.1, 0.15) is 0 Å². The molecule has 0 aromatic heterocycles. The molecule has 0 bridgehead atoms. The third-order valence-corrected chi connectivity index (χ3v) is 3.89. The summed E-state index contributed by atoms with van der Waals surface area (Å²) in [5, 5.41) is 4.18. The number of hydrogen-bond donors (Lipinski definition) is 1. The molecule has 0 amide bonds. The number of hydrogen-bond acceptors (Lipinski definition) is 1. The molecule has 0 radical (unpaired) electrons. The van der Waals surface area contributed by atoms with Crippen LogP contribution in [0.2, 0.25) is 5.02 Å². The van der Waals surface area contributed by atoms with Gasteiger partial charge in [-0.3, -0.25) is 0 Å². The van der Waals surface area contributed by atoms with Crippen molar-refractivity contribution in [2.45, 2.75) is 26.3 Å². The van der Waals surface area contributed by atoms with E-state index in [-0.39, 0.29) is 0 Å². The maximum absolute atomic E-state index is 5.92. The molecule has 0 saturated carbocycles. The van der Waals surface area contributed by atoms with Crippen molar-refractivity contribution in [3.05, 3.63) is 69.7 Å². The van der Waals surface area contributed by atoms with Gasteiger partial charge >= 0.3 is 0 Å². The molecule has 0 fully saturated rings. The fraction of sp³-hybridized carbons (Fsp3) is 0.294. The molecule has 1 N–H and O–H groups in total. The minimum absolute atomic E-state index is 0.334. The van der Waals surface area contributed by atoms with E-state index in [0.717, 1.165) is 11.4 Å². The lowest BCUT2D eigenvalue weighted by Crippen LogP contribution is -2.19. The van der Waals surface area contributed by atoms with Gasteiger partial charge in [-0.15, -0.1) is 0 Å². The van der Waals surface area contributed by atoms with Crippen molar-refractivity contribution in [3.8, 4) is 0 Å². The first-order valence-corrected chi connectivity index (χ1v) is 6.97. The van der Waals surface area contributed by atoms with Crippen LogP contribution in [0.4, 0.5) is 0 Å². The fourth-order valence-electron chi connectivity index (χ4n) is 2.22. The Morgan fingerprint density at radius 3 is 2.26 bits per heavy atom. The highest BCUT2D eigenvalue weighted by Crippen LogP contribution is 2.21. The van der Waals surface area contributed by atoms with Crippen molar-refractivity contribution in [2.24, 2.45) is 0 Å². The summed E-state index contributed by atoms with van der Waals surface area (Å²) in [7, 11) is 2.01. The van der Waals surface area contributed by atoms with E-state index >= 15 is 0 Å².